The molecule has 0 aliphatic carbocycles. The van der Waals surface area contributed by atoms with Crippen molar-refractivity contribution in [2.24, 2.45) is 0 Å². The molecule has 8 atom stereocenters. The van der Waals surface area contributed by atoms with Gasteiger partial charge in [0.25, 0.3) is 0 Å². The summed E-state index contributed by atoms with van der Waals surface area (Å²) in [5.74, 6) is 0. The largest absolute Gasteiger partial charge is 0.395 e. The molecule has 2 aliphatic heterocycles. The van der Waals surface area contributed by atoms with Gasteiger partial charge in [-0.25, -0.2) is 0 Å². The molecule has 0 amide bonds. The van der Waals surface area contributed by atoms with E-state index in [2.05, 4.69) is 5.32 Å². The van der Waals surface area contributed by atoms with E-state index in [9.17, 15) is 25.5 Å². The minimum atomic E-state index is -1.54. The molecule has 0 radical (unpaired) electrons. The van der Waals surface area contributed by atoms with E-state index in [4.69, 9.17) is 14.6 Å². The molecular formula is C12H23NO8. The lowest BCUT2D eigenvalue weighted by molar-refractivity contribution is -0.321. The normalized spacial score (nSPS) is 48.3. The van der Waals surface area contributed by atoms with Crippen molar-refractivity contribution in [3.05, 3.63) is 0 Å². The first kappa shape index (κ1) is 17.0. The van der Waals surface area contributed by atoms with E-state index in [1.54, 1.807) is 0 Å². The maximum atomic E-state index is 9.95. The second-order valence-electron chi connectivity index (χ2n) is 5.40. The van der Waals surface area contributed by atoms with Gasteiger partial charge in [-0.3, -0.25) is 0 Å². The number of ether oxygens (including phenoxy) is 2. The van der Waals surface area contributed by atoms with Gasteiger partial charge >= 0.3 is 0 Å². The minimum Gasteiger partial charge on any atom is -0.395 e. The average molecular weight is 309 g/mol. The Bertz CT molecular complexity index is 330. The predicted octanol–water partition coefficient (Wildman–Crippen LogP) is -4.11. The first-order valence-corrected chi connectivity index (χ1v) is 6.98. The van der Waals surface area contributed by atoms with Crippen LogP contribution in [-0.4, -0.2) is 99.4 Å². The molecule has 0 aromatic heterocycles. The van der Waals surface area contributed by atoms with Crippen molar-refractivity contribution >= 4 is 0 Å². The molecule has 0 spiro atoms. The van der Waals surface area contributed by atoms with Crippen molar-refractivity contribution in [3.8, 4) is 0 Å². The minimum absolute atomic E-state index is 0.279. The highest BCUT2D eigenvalue weighted by Crippen LogP contribution is 2.25. The molecular weight excluding hydrogens is 286 g/mol. The second kappa shape index (κ2) is 7.27. The Morgan fingerprint density at radius 1 is 1.00 bits per heavy atom. The quantitative estimate of drug-likeness (QED) is 0.275. The summed E-state index contributed by atoms with van der Waals surface area (Å²) >= 11 is 0. The molecule has 2 heterocycles. The van der Waals surface area contributed by atoms with Crippen LogP contribution in [0.4, 0.5) is 0 Å². The van der Waals surface area contributed by atoms with Gasteiger partial charge in [0.15, 0.2) is 6.29 Å². The molecule has 21 heavy (non-hydrogen) atoms. The van der Waals surface area contributed by atoms with Crippen LogP contribution < -0.4 is 5.32 Å². The second-order valence-corrected chi connectivity index (χ2v) is 5.40. The third-order valence-corrected chi connectivity index (χ3v) is 3.96. The fraction of sp³-hybridized carbons (Fsp3) is 1.00. The standard InChI is InChI=1S/C12H23NO8/c14-3-5-11(6(16)1-2-13-5)21-12-10(19)9(18)8(17)7(4-15)20-12/h5-19H,1-4H2/t5-,6-,7-,8-,9+,10-,11-,12+/m1/s1. The van der Waals surface area contributed by atoms with Gasteiger partial charge in [0.05, 0.1) is 25.4 Å². The SMILES string of the molecule is OC[C@H]1NCC[C@@H](O)[C@@H]1O[C@@H]1O[C@H](CO)[C@@H](O)[C@H](O)[C@H]1O. The molecule has 0 aromatic rings. The van der Waals surface area contributed by atoms with E-state index in [1.807, 2.05) is 0 Å². The third kappa shape index (κ3) is 3.52. The van der Waals surface area contributed by atoms with Gasteiger partial charge in [0.1, 0.15) is 30.5 Å². The van der Waals surface area contributed by atoms with E-state index in [0.717, 1.165) is 0 Å². The smallest absolute Gasteiger partial charge is 0.187 e. The van der Waals surface area contributed by atoms with Crippen molar-refractivity contribution < 1.29 is 40.1 Å². The Kier molecular flexibility index (Phi) is 5.88. The number of aliphatic hydroxyl groups excluding tert-OH is 6. The van der Waals surface area contributed by atoms with Crippen LogP contribution >= 0.6 is 0 Å². The first-order valence-electron chi connectivity index (χ1n) is 6.98. The summed E-state index contributed by atoms with van der Waals surface area (Å²) in [6.45, 7) is -0.320. The van der Waals surface area contributed by atoms with E-state index in [-0.39, 0.29) is 6.61 Å². The zero-order valence-corrected chi connectivity index (χ0v) is 11.4. The van der Waals surface area contributed by atoms with Crippen LogP contribution in [0.3, 0.4) is 0 Å². The zero-order valence-electron chi connectivity index (χ0n) is 11.4. The third-order valence-electron chi connectivity index (χ3n) is 3.96. The molecule has 2 aliphatic rings. The molecule has 2 rings (SSSR count). The molecule has 2 saturated heterocycles. The molecule has 124 valence electrons. The van der Waals surface area contributed by atoms with Crippen LogP contribution in [0.2, 0.25) is 0 Å². The van der Waals surface area contributed by atoms with Crippen LogP contribution in [0.5, 0.6) is 0 Å². The highest BCUT2D eigenvalue weighted by Gasteiger charge is 2.46. The monoisotopic (exact) mass is 309 g/mol. The average Bonchev–Trinajstić information content (AvgIpc) is 2.49. The number of nitrogens with one attached hydrogen (secondary N) is 1. The Morgan fingerprint density at radius 2 is 1.71 bits per heavy atom. The van der Waals surface area contributed by atoms with Crippen molar-refractivity contribution in [3.63, 3.8) is 0 Å². The van der Waals surface area contributed by atoms with Gasteiger partial charge in [-0.15, -0.1) is 0 Å². The summed E-state index contributed by atoms with van der Waals surface area (Å²) in [5, 5.41) is 60.6. The Labute approximate surface area is 121 Å². The van der Waals surface area contributed by atoms with Gasteiger partial charge in [-0.05, 0) is 13.0 Å². The summed E-state index contributed by atoms with van der Waals surface area (Å²) in [6.07, 6.45) is -8.24. The maximum absolute atomic E-state index is 9.95. The molecule has 0 unspecified atom stereocenters. The van der Waals surface area contributed by atoms with Gasteiger partial charge in [-0.1, -0.05) is 0 Å². The fourth-order valence-electron chi connectivity index (χ4n) is 2.65. The molecule has 0 bridgehead atoms. The van der Waals surface area contributed by atoms with E-state index in [1.165, 1.54) is 0 Å². The van der Waals surface area contributed by atoms with Crippen molar-refractivity contribution in [1.82, 2.24) is 5.32 Å². The predicted molar refractivity (Wildman–Crippen MR) is 68.1 cm³/mol. The van der Waals surface area contributed by atoms with Crippen molar-refractivity contribution in [1.29, 1.82) is 0 Å². The Hall–Kier alpha value is -0.360. The topological polar surface area (TPSA) is 152 Å². The summed E-state index contributed by atoms with van der Waals surface area (Å²) < 4.78 is 10.7. The summed E-state index contributed by atoms with van der Waals surface area (Å²) in [4.78, 5) is 0. The van der Waals surface area contributed by atoms with E-state index in [0.29, 0.717) is 13.0 Å². The van der Waals surface area contributed by atoms with Gasteiger partial charge in [0, 0.05) is 0 Å². The maximum Gasteiger partial charge on any atom is 0.187 e. The van der Waals surface area contributed by atoms with Crippen LogP contribution in [0.25, 0.3) is 0 Å². The number of hydrogen-bond acceptors (Lipinski definition) is 9. The first-order chi connectivity index (χ1) is 9.99. The van der Waals surface area contributed by atoms with E-state index >= 15 is 0 Å². The van der Waals surface area contributed by atoms with Gasteiger partial charge in [0.2, 0.25) is 0 Å². The lowest BCUT2D eigenvalue weighted by Crippen LogP contribution is -2.63. The fourth-order valence-corrected chi connectivity index (χ4v) is 2.65. The molecule has 0 saturated carbocycles. The van der Waals surface area contributed by atoms with Gasteiger partial charge < -0.3 is 45.4 Å². The van der Waals surface area contributed by atoms with Crippen LogP contribution in [-0.2, 0) is 9.47 Å². The zero-order chi connectivity index (χ0) is 15.6. The summed E-state index contributed by atoms with van der Waals surface area (Å²) in [5.41, 5.74) is 0. The number of piperidine rings is 1. The molecule has 0 aromatic carbocycles. The Morgan fingerprint density at radius 3 is 2.33 bits per heavy atom. The van der Waals surface area contributed by atoms with Crippen molar-refractivity contribution in [2.45, 2.75) is 55.4 Å². The van der Waals surface area contributed by atoms with Crippen molar-refractivity contribution in [2.75, 3.05) is 19.8 Å². The van der Waals surface area contributed by atoms with Crippen LogP contribution in [0.1, 0.15) is 6.42 Å². The summed E-state index contributed by atoms with van der Waals surface area (Å²) in [7, 11) is 0. The molecule has 2 fully saturated rings. The number of rotatable bonds is 4. The molecule has 9 nitrogen and oxygen atoms in total. The highest BCUT2D eigenvalue weighted by molar-refractivity contribution is 4.92. The molecule has 7 N–H and O–H groups in total. The number of hydrogen-bond donors (Lipinski definition) is 7. The lowest BCUT2D eigenvalue weighted by atomic mass is 9.97. The summed E-state index contributed by atoms with van der Waals surface area (Å²) in [6, 6.07) is -0.541. The van der Waals surface area contributed by atoms with E-state index < -0.39 is 55.6 Å². The van der Waals surface area contributed by atoms with Gasteiger partial charge in [-0.2, -0.15) is 0 Å². The highest BCUT2D eigenvalue weighted by atomic mass is 16.7. The lowest BCUT2D eigenvalue weighted by Gasteiger charge is -2.43. The van der Waals surface area contributed by atoms with Crippen LogP contribution in [0, 0.1) is 0 Å². The Balaban J connectivity index is 2.05. The molecule has 9 heteroatoms. The number of aliphatic hydroxyl groups is 6. The van der Waals surface area contributed by atoms with Crippen LogP contribution in [0.15, 0.2) is 0 Å².